The minimum absolute atomic E-state index is 0.248. The number of nitrogens with zero attached hydrogens (tertiary/aromatic N) is 4. The van der Waals surface area contributed by atoms with Crippen molar-refractivity contribution in [1.82, 2.24) is 4.57 Å². The molecule has 9 aromatic rings. The molecule has 0 N–H and O–H groups in total. The molecule has 0 saturated carbocycles. The summed E-state index contributed by atoms with van der Waals surface area (Å²) in [4.78, 5) is 11.4. The highest BCUT2D eigenvalue weighted by Gasteiger charge is 2.26. The number of benzene rings is 7. The number of allylic oxidation sites excluding steroid dienone is 1. The first-order valence-corrected chi connectivity index (χ1v) is 20.0. The van der Waals surface area contributed by atoms with Gasteiger partial charge in [-0.15, -0.1) is 11.3 Å². The Labute approximate surface area is 329 Å². The van der Waals surface area contributed by atoms with Crippen molar-refractivity contribution in [1.29, 1.82) is 0 Å². The Bertz CT molecular complexity index is 3030. The predicted octanol–water partition coefficient (Wildman–Crippen LogP) is 13.5. The molecular formula is C51H35N4S-. The third kappa shape index (κ3) is 5.51. The van der Waals surface area contributed by atoms with Crippen LogP contribution in [0.4, 0.5) is 0 Å². The minimum Gasteiger partial charge on any atom is -0.438 e. The number of thiophene rings is 1. The molecule has 0 amide bonds. The third-order valence-corrected chi connectivity index (χ3v) is 12.4. The van der Waals surface area contributed by atoms with Crippen molar-refractivity contribution in [2.24, 2.45) is 9.98 Å². The van der Waals surface area contributed by atoms with E-state index in [1.165, 1.54) is 59.1 Å². The second-order valence-electron chi connectivity index (χ2n) is 14.5. The van der Waals surface area contributed by atoms with Crippen LogP contribution in [0.3, 0.4) is 0 Å². The predicted molar refractivity (Wildman–Crippen MR) is 236 cm³/mol. The van der Waals surface area contributed by atoms with Gasteiger partial charge in [-0.25, -0.2) is 0 Å². The van der Waals surface area contributed by atoms with Gasteiger partial charge in [0.15, 0.2) is 0 Å². The van der Waals surface area contributed by atoms with Crippen LogP contribution in [0.5, 0.6) is 0 Å². The standard InChI is InChI=1S/C51H35N4S/c1-4-15-33(16-5-1)49-52-50(34-17-6-2-7-18-34)54-51(53-49)37-20-12-19-35(31-37)40-25-13-26-43-47-39(24-14-28-46(47)56-48(40)43)36-29-30-42-41-23-10-11-27-44(41)55(45(42)32-36)38-21-8-3-9-22-38/h1-23,25-32,39,49H,24H2/q-1/t39-,49?/m1/s1. The summed E-state index contributed by atoms with van der Waals surface area (Å²) < 4.78 is 3.73. The summed E-state index contributed by atoms with van der Waals surface area (Å²) >= 11 is 1.90. The molecule has 4 nitrogen and oxygen atoms in total. The van der Waals surface area contributed by atoms with Gasteiger partial charge in [0.25, 0.3) is 0 Å². The Morgan fingerprint density at radius 1 is 0.571 bits per heavy atom. The monoisotopic (exact) mass is 735 g/mol. The number of fused-ring (bicyclic) bond motifs is 6. The van der Waals surface area contributed by atoms with Gasteiger partial charge in [-0.2, -0.15) is 0 Å². The molecule has 3 heterocycles. The Kier molecular flexibility index (Phi) is 7.85. The number of para-hydroxylation sites is 2. The van der Waals surface area contributed by atoms with Crippen LogP contribution in [0.2, 0.25) is 0 Å². The lowest BCUT2D eigenvalue weighted by atomic mass is 9.83. The van der Waals surface area contributed by atoms with Crippen LogP contribution in [-0.2, 0) is 0 Å². The molecule has 2 atom stereocenters. The van der Waals surface area contributed by atoms with Gasteiger partial charge in [0.05, 0.1) is 23.0 Å². The van der Waals surface area contributed by atoms with E-state index < -0.39 is 0 Å². The second kappa shape index (κ2) is 13.5. The van der Waals surface area contributed by atoms with Crippen molar-refractivity contribution in [3.8, 4) is 16.8 Å². The molecule has 0 spiro atoms. The number of hydrogen-bond acceptors (Lipinski definition) is 3. The van der Waals surface area contributed by atoms with Crippen LogP contribution in [0.1, 0.15) is 51.2 Å². The molecule has 56 heavy (non-hydrogen) atoms. The second-order valence-corrected chi connectivity index (χ2v) is 15.5. The van der Waals surface area contributed by atoms with Crippen LogP contribution in [0, 0.1) is 0 Å². The fourth-order valence-electron chi connectivity index (χ4n) is 8.54. The maximum atomic E-state index is 5.11. The summed E-state index contributed by atoms with van der Waals surface area (Å²) in [5, 5.41) is 8.99. The van der Waals surface area contributed by atoms with Gasteiger partial charge in [0.1, 0.15) is 0 Å². The average molecular weight is 736 g/mol. The van der Waals surface area contributed by atoms with E-state index in [4.69, 9.17) is 15.3 Å². The van der Waals surface area contributed by atoms with Crippen molar-refractivity contribution in [2.75, 3.05) is 0 Å². The molecule has 7 aromatic carbocycles. The number of aromatic nitrogens is 1. The largest absolute Gasteiger partial charge is 0.438 e. The third-order valence-electron chi connectivity index (χ3n) is 11.1. The van der Waals surface area contributed by atoms with E-state index in [2.05, 4.69) is 156 Å². The van der Waals surface area contributed by atoms with Gasteiger partial charge in [-0.1, -0.05) is 158 Å². The number of rotatable bonds is 6. The van der Waals surface area contributed by atoms with Crippen LogP contribution in [0.25, 0.3) is 60.1 Å². The van der Waals surface area contributed by atoms with Gasteiger partial charge in [-0.3, -0.25) is 4.99 Å². The van der Waals surface area contributed by atoms with Gasteiger partial charge in [0, 0.05) is 32.0 Å². The normalized spacial score (nSPS) is 16.4. The maximum absolute atomic E-state index is 5.11. The molecule has 0 saturated heterocycles. The molecule has 1 aliphatic heterocycles. The van der Waals surface area contributed by atoms with E-state index >= 15 is 0 Å². The van der Waals surface area contributed by atoms with Crippen molar-refractivity contribution < 1.29 is 0 Å². The molecule has 0 fully saturated rings. The molecule has 0 bridgehead atoms. The maximum Gasteiger partial charge on any atom is 0.0822 e. The summed E-state index contributed by atoms with van der Waals surface area (Å²) in [6.45, 7) is 0. The summed E-state index contributed by atoms with van der Waals surface area (Å²) in [6.07, 6.45) is 5.29. The fourth-order valence-corrected chi connectivity index (χ4v) is 9.87. The van der Waals surface area contributed by atoms with E-state index in [0.29, 0.717) is 11.7 Å². The van der Waals surface area contributed by atoms with E-state index in [0.717, 1.165) is 28.7 Å². The summed E-state index contributed by atoms with van der Waals surface area (Å²) in [6, 6.07) is 62.6. The average Bonchev–Trinajstić information content (AvgIpc) is 3.83. The molecule has 2 aliphatic rings. The zero-order valence-electron chi connectivity index (χ0n) is 30.5. The van der Waals surface area contributed by atoms with Crippen LogP contribution >= 0.6 is 11.3 Å². The van der Waals surface area contributed by atoms with Gasteiger partial charge in [-0.05, 0) is 87.2 Å². The molecule has 1 unspecified atom stereocenters. The summed E-state index contributed by atoms with van der Waals surface area (Å²) in [5.74, 6) is 1.64. The highest BCUT2D eigenvalue weighted by atomic mass is 32.1. The van der Waals surface area contributed by atoms with Crippen LogP contribution < -0.4 is 0 Å². The van der Waals surface area contributed by atoms with Crippen molar-refractivity contribution in [3.63, 3.8) is 0 Å². The van der Waals surface area contributed by atoms with E-state index in [1.54, 1.807) is 0 Å². The first kappa shape index (κ1) is 32.6. The van der Waals surface area contributed by atoms with Gasteiger partial charge in [0.2, 0.25) is 0 Å². The zero-order chi connectivity index (χ0) is 37.0. The smallest absolute Gasteiger partial charge is 0.0822 e. The lowest BCUT2D eigenvalue weighted by molar-refractivity contribution is 0.833. The van der Waals surface area contributed by atoms with Crippen molar-refractivity contribution in [2.45, 2.75) is 18.5 Å². The van der Waals surface area contributed by atoms with Crippen molar-refractivity contribution in [3.05, 3.63) is 220 Å². The molecule has 0 radical (unpaired) electrons. The minimum atomic E-state index is -0.369. The number of aliphatic imine (C=N–C) groups is 2. The van der Waals surface area contributed by atoms with E-state index in [-0.39, 0.29) is 12.1 Å². The topological polar surface area (TPSA) is 43.8 Å². The first-order valence-electron chi connectivity index (χ1n) is 19.2. The van der Waals surface area contributed by atoms with Gasteiger partial charge >= 0.3 is 0 Å². The molecular weight excluding hydrogens is 701 g/mol. The molecule has 2 aromatic heterocycles. The first-order chi connectivity index (χ1) is 27.8. The van der Waals surface area contributed by atoms with Crippen LogP contribution in [-0.4, -0.2) is 16.2 Å². The Morgan fingerprint density at radius 3 is 2.12 bits per heavy atom. The molecule has 266 valence electrons. The Hall–Kier alpha value is -6.82. The number of amidine groups is 2. The van der Waals surface area contributed by atoms with E-state index in [9.17, 15) is 0 Å². The van der Waals surface area contributed by atoms with Gasteiger partial charge < -0.3 is 14.9 Å². The summed E-state index contributed by atoms with van der Waals surface area (Å²) in [7, 11) is 0. The fraction of sp³-hybridized carbons (Fsp3) is 0.0588. The zero-order valence-corrected chi connectivity index (χ0v) is 31.3. The van der Waals surface area contributed by atoms with E-state index in [1.807, 2.05) is 47.7 Å². The SMILES string of the molecule is C1=Cc2sc3c(-c4cccc(C5=NC(c6ccccc6)=NC(c6ccccc6)[N-]5)c4)cccc3c2[C@@H](c2ccc3c4ccccc4n(-c4ccccc4)c3c2)C1. The highest BCUT2D eigenvalue weighted by molar-refractivity contribution is 7.20. The lowest BCUT2D eigenvalue weighted by Gasteiger charge is -2.32. The quantitative estimate of drug-likeness (QED) is 0.163. The Morgan fingerprint density at radius 2 is 1.27 bits per heavy atom. The van der Waals surface area contributed by atoms with Crippen LogP contribution in [0.15, 0.2) is 192 Å². The molecule has 11 rings (SSSR count). The highest BCUT2D eigenvalue weighted by Crippen LogP contribution is 2.48. The molecule has 1 aliphatic carbocycles. The summed E-state index contributed by atoms with van der Waals surface area (Å²) in [5.41, 5.74) is 11.8. The Balaban J connectivity index is 1.00. The lowest BCUT2D eigenvalue weighted by Crippen LogP contribution is -2.15. The number of hydrogen-bond donors (Lipinski definition) is 0. The molecule has 5 heteroatoms. The van der Waals surface area contributed by atoms with Crippen molar-refractivity contribution >= 4 is 61.0 Å².